The smallest absolute Gasteiger partial charge is 0.234 e. The molecule has 0 aliphatic carbocycles. The maximum atomic E-state index is 11.9. The van der Waals surface area contributed by atoms with Crippen LogP contribution in [-0.4, -0.2) is 50.4 Å². The Labute approximate surface area is 117 Å². The van der Waals surface area contributed by atoms with Crippen LogP contribution < -0.4 is 14.8 Å². The molecular weight excluding hydrogens is 260 g/mol. The lowest BCUT2D eigenvalue weighted by molar-refractivity contribution is -0.123. The summed E-state index contributed by atoms with van der Waals surface area (Å²) in [6.07, 6.45) is 0. The molecule has 2 heterocycles. The SMILES string of the molecule is O=C(CN1CCOCC1)NCc1ccc2c(c1)OCO2. The van der Waals surface area contributed by atoms with Crippen molar-refractivity contribution in [1.29, 1.82) is 0 Å². The van der Waals surface area contributed by atoms with Crippen molar-refractivity contribution >= 4 is 5.91 Å². The molecule has 1 aromatic carbocycles. The van der Waals surface area contributed by atoms with Gasteiger partial charge < -0.3 is 19.5 Å². The number of ether oxygens (including phenoxy) is 3. The fraction of sp³-hybridized carbons (Fsp3) is 0.500. The van der Waals surface area contributed by atoms with E-state index >= 15 is 0 Å². The van der Waals surface area contributed by atoms with Crippen molar-refractivity contribution in [3.63, 3.8) is 0 Å². The number of amides is 1. The van der Waals surface area contributed by atoms with Gasteiger partial charge in [-0.05, 0) is 17.7 Å². The van der Waals surface area contributed by atoms with Crippen LogP contribution in [-0.2, 0) is 16.1 Å². The lowest BCUT2D eigenvalue weighted by Crippen LogP contribution is -2.43. The first-order chi connectivity index (χ1) is 9.81. The molecule has 1 saturated heterocycles. The Kier molecular flexibility index (Phi) is 4.03. The van der Waals surface area contributed by atoms with Gasteiger partial charge in [0.25, 0.3) is 0 Å². The first-order valence-corrected chi connectivity index (χ1v) is 6.76. The van der Waals surface area contributed by atoms with Gasteiger partial charge in [-0.1, -0.05) is 6.07 Å². The van der Waals surface area contributed by atoms with Crippen LogP contribution in [0.1, 0.15) is 5.56 Å². The standard InChI is InChI=1S/C14H18N2O4/c17-14(9-16-3-5-18-6-4-16)15-8-11-1-2-12-13(7-11)20-10-19-12/h1-2,7H,3-6,8-10H2,(H,15,17). The van der Waals surface area contributed by atoms with E-state index in [9.17, 15) is 4.79 Å². The normalized spacial score (nSPS) is 18.0. The van der Waals surface area contributed by atoms with Crippen LogP contribution >= 0.6 is 0 Å². The van der Waals surface area contributed by atoms with E-state index in [0.717, 1.165) is 30.2 Å². The molecule has 0 radical (unpaired) electrons. The number of hydrogen-bond acceptors (Lipinski definition) is 5. The van der Waals surface area contributed by atoms with Gasteiger partial charge >= 0.3 is 0 Å². The first-order valence-electron chi connectivity index (χ1n) is 6.76. The molecule has 1 aromatic rings. The fourth-order valence-corrected chi connectivity index (χ4v) is 2.27. The Morgan fingerprint density at radius 1 is 1.20 bits per heavy atom. The second-order valence-electron chi connectivity index (χ2n) is 4.85. The number of nitrogens with one attached hydrogen (secondary N) is 1. The van der Waals surface area contributed by atoms with Gasteiger partial charge in [-0.25, -0.2) is 0 Å². The predicted octanol–water partition coefficient (Wildman–Crippen LogP) is 0.364. The van der Waals surface area contributed by atoms with Crippen LogP contribution in [0.3, 0.4) is 0 Å². The summed E-state index contributed by atoms with van der Waals surface area (Å²) in [7, 11) is 0. The van der Waals surface area contributed by atoms with Gasteiger partial charge in [-0.2, -0.15) is 0 Å². The van der Waals surface area contributed by atoms with E-state index in [-0.39, 0.29) is 12.7 Å². The summed E-state index contributed by atoms with van der Waals surface area (Å²) in [6, 6.07) is 5.70. The molecule has 0 atom stereocenters. The summed E-state index contributed by atoms with van der Waals surface area (Å²) < 4.78 is 15.8. The topological polar surface area (TPSA) is 60.0 Å². The highest BCUT2D eigenvalue weighted by Gasteiger charge is 2.15. The van der Waals surface area contributed by atoms with Gasteiger partial charge in [0.15, 0.2) is 11.5 Å². The Morgan fingerprint density at radius 2 is 2.00 bits per heavy atom. The second kappa shape index (κ2) is 6.11. The number of carbonyl (C=O) groups excluding carboxylic acids is 1. The van der Waals surface area contributed by atoms with E-state index in [1.54, 1.807) is 0 Å². The summed E-state index contributed by atoms with van der Waals surface area (Å²) in [5.41, 5.74) is 1.00. The van der Waals surface area contributed by atoms with Crippen molar-refractivity contribution in [2.24, 2.45) is 0 Å². The van der Waals surface area contributed by atoms with Crippen LogP contribution in [0, 0.1) is 0 Å². The van der Waals surface area contributed by atoms with E-state index in [0.29, 0.717) is 26.3 Å². The zero-order chi connectivity index (χ0) is 13.8. The van der Waals surface area contributed by atoms with Crippen molar-refractivity contribution in [1.82, 2.24) is 10.2 Å². The lowest BCUT2D eigenvalue weighted by Gasteiger charge is -2.25. The number of nitrogens with zero attached hydrogens (tertiary/aromatic N) is 1. The Hall–Kier alpha value is -1.79. The van der Waals surface area contributed by atoms with E-state index in [1.165, 1.54) is 0 Å². The van der Waals surface area contributed by atoms with E-state index < -0.39 is 0 Å². The quantitative estimate of drug-likeness (QED) is 0.862. The molecule has 0 saturated carbocycles. The Balaban J connectivity index is 1.47. The number of fused-ring (bicyclic) bond motifs is 1. The largest absolute Gasteiger partial charge is 0.454 e. The molecular formula is C14H18N2O4. The zero-order valence-electron chi connectivity index (χ0n) is 11.3. The van der Waals surface area contributed by atoms with Crippen LogP contribution in [0.4, 0.5) is 0 Å². The molecule has 6 nitrogen and oxygen atoms in total. The average molecular weight is 278 g/mol. The molecule has 1 N–H and O–H groups in total. The molecule has 0 unspecified atom stereocenters. The van der Waals surface area contributed by atoms with Crippen LogP contribution in [0.15, 0.2) is 18.2 Å². The third kappa shape index (κ3) is 3.20. The van der Waals surface area contributed by atoms with Crippen molar-refractivity contribution in [2.45, 2.75) is 6.54 Å². The lowest BCUT2D eigenvalue weighted by atomic mass is 10.2. The molecule has 2 aliphatic rings. The van der Waals surface area contributed by atoms with Gasteiger partial charge in [0.2, 0.25) is 12.7 Å². The molecule has 1 amide bonds. The molecule has 108 valence electrons. The summed E-state index contributed by atoms with van der Waals surface area (Å²) in [6.45, 7) is 4.23. The summed E-state index contributed by atoms with van der Waals surface area (Å²) >= 11 is 0. The summed E-state index contributed by atoms with van der Waals surface area (Å²) in [5.74, 6) is 1.53. The molecule has 0 spiro atoms. The monoisotopic (exact) mass is 278 g/mol. The molecule has 2 aliphatic heterocycles. The van der Waals surface area contributed by atoms with Crippen LogP contribution in [0.5, 0.6) is 11.5 Å². The van der Waals surface area contributed by atoms with Crippen LogP contribution in [0.25, 0.3) is 0 Å². The fourth-order valence-electron chi connectivity index (χ4n) is 2.27. The van der Waals surface area contributed by atoms with Gasteiger partial charge in [0.05, 0.1) is 19.8 Å². The van der Waals surface area contributed by atoms with Crippen molar-refractivity contribution in [2.75, 3.05) is 39.6 Å². The van der Waals surface area contributed by atoms with Crippen molar-refractivity contribution < 1.29 is 19.0 Å². The maximum absolute atomic E-state index is 11.9. The molecule has 0 aromatic heterocycles. The van der Waals surface area contributed by atoms with E-state index in [2.05, 4.69) is 10.2 Å². The van der Waals surface area contributed by atoms with Crippen LogP contribution in [0.2, 0.25) is 0 Å². The molecule has 6 heteroatoms. The highest BCUT2D eigenvalue weighted by molar-refractivity contribution is 5.78. The Bertz CT molecular complexity index is 486. The highest BCUT2D eigenvalue weighted by Crippen LogP contribution is 2.32. The zero-order valence-corrected chi connectivity index (χ0v) is 11.3. The van der Waals surface area contributed by atoms with Gasteiger partial charge in [0.1, 0.15) is 0 Å². The minimum Gasteiger partial charge on any atom is -0.454 e. The third-order valence-corrected chi connectivity index (χ3v) is 3.40. The average Bonchev–Trinajstić information content (AvgIpc) is 2.93. The molecule has 3 rings (SSSR count). The minimum absolute atomic E-state index is 0.0320. The van der Waals surface area contributed by atoms with Gasteiger partial charge in [0, 0.05) is 19.6 Å². The number of hydrogen-bond donors (Lipinski definition) is 1. The Morgan fingerprint density at radius 3 is 2.85 bits per heavy atom. The van der Waals surface area contributed by atoms with Gasteiger partial charge in [-0.15, -0.1) is 0 Å². The van der Waals surface area contributed by atoms with Crippen molar-refractivity contribution in [3.05, 3.63) is 23.8 Å². The second-order valence-corrected chi connectivity index (χ2v) is 4.85. The number of rotatable bonds is 4. The maximum Gasteiger partial charge on any atom is 0.234 e. The predicted molar refractivity (Wildman–Crippen MR) is 71.7 cm³/mol. The van der Waals surface area contributed by atoms with Crippen molar-refractivity contribution in [3.8, 4) is 11.5 Å². The van der Waals surface area contributed by atoms with Gasteiger partial charge in [-0.3, -0.25) is 9.69 Å². The minimum atomic E-state index is 0.0320. The molecule has 0 bridgehead atoms. The summed E-state index contributed by atoms with van der Waals surface area (Å²) in [5, 5.41) is 2.92. The molecule has 20 heavy (non-hydrogen) atoms. The third-order valence-electron chi connectivity index (χ3n) is 3.40. The number of carbonyl (C=O) groups is 1. The van der Waals surface area contributed by atoms with E-state index in [4.69, 9.17) is 14.2 Å². The highest BCUT2D eigenvalue weighted by atomic mass is 16.7. The van der Waals surface area contributed by atoms with E-state index in [1.807, 2.05) is 18.2 Å². The summed E-state index contributed by atoms with van der Waals surface area (Å²) in [4.78, 5) is 14.0. The number of benzene rings is 1. The first kappa shape index (κ1) is 13.2. The number of morpholine rings is 1. The molecule has 1 fully saturated rings.